The van der Waals surface area contributed by atoms with Gasteiger partial charge in [0, 0.05) is 0 Å². The molecular formula is C28H59NO4P+. The monoisotopic (exact) mass is 504 g/mol. The molecule has 0 aromatic heterocycles. The number of unbranched alkanes of at least 4 members (excludes halogenated alkanes) is 16. The van der Waals surface area contributed by atoms with Crippen LogP contribution in [0.2, 0.25) is 0 Å². The van der Waals surface area contributed by atoms with Crippen LogP contribution in [0.4, 0.5) is 0 Å². The van der Waals surface area contributed by atoms with Gasteiger partial charge in [0.1, 0.15) is 13.2 Å². The Balaban J connectivity index is 3.33. The number of rotatable bonds is 26. The zero-order valence-corrected chi connectivity index (χ0v) is 24.2. The van der Waals surface area contributed by atoms with Crippen LogP contribution in [-0.4, -0.2) is 49.8 Å². The Morgan fingerprint density at radius 1 is 0.647 bits per heavy atom. The second-order valence-corrected chi connectivity index (χ2v) is 11.9. The number of quaternary nitrogens is 1. The number of phosphoric acid groups is 1. The lowest BCUT2D eigenvalue weighted by Gasteiger charge is -2.28. The van der Waals surface area contributed by atoms with E-state index in [4.69, 9.17) is 9.05 Å². The summed E-state index contributed by atoms with van der Waals surface area (Å²) >= 11 is 0. The first-order valence-corrected chi connectivity index (χ1v) is 15.9. The lowest BCUT2D eigenvalue weighted by Crippen LogP contribution is -2.41. The number of hydrogen-bond donors (Lipinski definition) is 1. The molecule has 0 rings (SSSR count). The van der Waals surface area contributed by atoms with Gasteiger partial charge < -0.3 is 9.38 Å². The van der Waals surface area contributed by atoms with Crippen molar-refractivity contribution >= 4 is 7.82 Å². The van der Waals surface area contributed by atoms with Crippen molar-refractivity contribution in [2.75, 3.05) is 40.4 Å². The molecule has 0 radical (unpaired) electrons. The number of likely N-dealkylation sites (N-methyl/N-ethyl adjacent to an activating group) is 1. The van der Waals surface area contributed by atoms with E-state index in [9.17, 15) is 9.46 Å². The molecule has 0 aromatic rings. The number of hydrogen-bond acceptors (Lipinski definition) is 3. The predicted octanol–water partition coefficient (Wildman–Crippen LogP) is 8.81. The van der Waals surface area contributed by atoms with Crippen LogP contribution in [0.15, 0.2) is 12.2 Å². The molecule has 0 heterocycles. The molecule has 1 atom stereocenters. The van der Waals surface area contributed by atoms with Gasteiger partial charge in [-0.1, -0.05) is 103 Å². The maximum atomic E-state index is 11.9. The fourth-order valence-corrected chi connectivity index (χ4v) is 4.58. The average molecular weight is 505 g/mol. The molecule has 0 bridgehead atoms. The summed E-state index contributed by atoms with van der Waals surface area (Å²) in [5.74, 6) is 0. The van der Waals surface area contributed by atoms with Crippen LogP contribution in [0.5, 0.6) is 0 Å². The van der Waals surface area contributed by atoms with E-state index in [-0.39, 0.29) is 6.61 Å². The van der Waals surface area contributed by atoms with Gasteiger partial charge in [0.05, 0.1) is 27.2 Å². The summed E-state index contributed by atoms with van der Waals surface area (Å²) in [5, 5.41) is 0. The molecule has 34 heavy (non-hydrogen) atoms. The summed E-state index contributed by atoms with van der Waals surface area (Å²) in [6.45, 7) is 6.55. The van der Waals surface area contributed by atoms with Gasteiger partial charge in [0.25, 0.3) is 0 Å². The third kappa shape index (κ3) is 24.9. The van der Waals surface area contributed by atoms with Gasteiger partial charge in [-0.3, -0.25) is 9.05 Å². The summed E-state index contributed by atoms with van der Waals surface area (Å²) in [7, 11) is 0.248. The SMILES string of the molecule is CCCCCCCCC=CCCCCCCCCCCCCOP(=O)(O)OCC[N+](C)(C)CC. The topological polar surface area (TPSA) is 55.8 Å². The Labute approximate surface area is 212 Å². The Hall–Kier alpha value is -0.190. The first kappa shape index (κ1) is 33.8. The Morgan fingerprint density at radius 2 is 1.06 bits per heavy atom. The summed E-state index contributed by atoms with van der Waals surface area (Å²) in [6.07, 6.45) is 27.9. The van der Waals surface area contributed by atoms with E-state index in [1.165, 1.54) is 103 Å². The predicted molar refractivity (Wildman–Crippen MR) is 147 cm³/mol. The molecule has 0 fully saturated rings. The van der Waals surface area contributed by atoms with Gasteiger partial charge >= 0.3 is 7.82 Å². The molecular weight excluding hydrogens is 445 g/mol. The van der Waals surface area contributed by atoms with Crippen molar-refractivity contribution in [2.24, 2.45) is 0 Å². The van der Waals surface area contributed by atoms with Crippen molar-refractivity contribution in [2.45, 2.75) is 129 Å². The van der Waals surface area contributed by atoms with Crippen molar-refractivity contribution in [1.82, 2.24) is 0 Å². The van der Waals surface area contributed by atoms with Crippen LogP contribution >= 0.6 is 7.82 Å². The van der Waals surface area contributed by atoms with Crippen molar-refractivity contribution in [3.05, 3.63) is 12.2 Å². The van der Waals surface area contributed by atoms with Gasteiger partial charge in [-0.15, -0.1) is 0 Å². The molecule has 0 saturated heterocycles. The first-order valence-electron chi connectivity index (χ1n) is 14.4. The Kier molecular flexibility index (Phi) is 23.1. The smallest absolute Gasteiger partial charge is 0.327 e. The summed E-state index contributed by atoms with van der Waals surface area (Å²) in [5.41, 5.74) is 0. The molecule has 0 aliphatic heterocycles. The second-order valence-electron chi connectivity index (χ2n) is 10.5. The van der Waals surface area contributed by atoms with Gasteiger partial charge in [0.2, 0.25) is 0 Å². The highest BCUT2D eigenvalue weighted by molar-refractivity contribution is 7.47. The van der Waals surface area contributed by atoms with E-state index < -0.39 is 7.82 Å². The second kappa shape index (κ2) is 23.2. The van der Waals surface area contributed by atoms with Crippen molar-refractivity contribution in [3.8, 4) is 0 Å². The fraction of sp³-hybridized carbons (Fsp3) is 0.929. The highest BCUT2D eigenvalue weighted by Crippen LogP contribution is 2.43. The molecule has 0 aliphatic carbocycles. The quantitative estimate of drug-likeness (QED) is 0.0553. The maximum absolute atomic E-state index is 11.9. The highest BCUT2D eigenvalue weighted by atomic mass is 31.2. The molecule has 0 aromatic carbocycles. The number of nitrogens with zero attached hydrogens (tertiary/aromatic N) is 1. The highest BCUT2D eigenvalue weighted by Gasteiger charge is 2.22. The van der Waals surface area contributed by atoms with Crippen molar-refractivity contribution < 1.29 is 23.0 Å². The zero-order valence-electron chi connectivity index (χ0n) is 23.3. The largest absolute Gasteiger partial charge is 0.472 e. The van der Waals surface area contributed by atoms with E-state index in [0.29, 0.717) is 13.2 Å². The molecule has 5 nitrogen and oxygen atoms in total. The van der Waals surface area contributed by atoms with Crippen LogP contribution < -0.4 is 0 Å². The average Bonchev–Trinajstić information content (AvgIpc) is 2.79. The van der Waals surface area contributed by atoms with E-state index >= 15 is 0 Å². The minimum Gasteiger partial charge on any atom is -0.327 e. The van der Waals surface area contributed by atoms with Crippen molar-refractivity contribution in [1.29, 1.82) is 0 Å². The van der Waals surface area contributed by atoms with Gasteiger partial charge in [-0.05, 0) is 39.0 Å². The fourth-order valence-electron chi connectivity index (χ4n) is 3.84. The Bertz CT molecular complexity index is 511. The summed E-state index contributed by atoms with van der Waals surface area (Å²) in [6, 6.07) is 0. The normalized spacial score (nSPS) is 14.1. The number of phosphoric ester groups is 1. The number of allylic oxidation sites excluding steroid dienone is 2. The van der Waals surface area contributed by atoms with Crippen LogP contribution in [0.3, 0.4) is 0 Å². The maximum Gasteiger partial charge on any atom is 0.472 e. The Morgan fingerprint density at radius 3 is 1.53 bits per heavy atom. The summed E-state index contributed by atoms with van der Waals surface area (Å²) < 4.78 is 22.8. The third-order valence-corrected chi connectivity index (χ3v) is 7.74. The van der Waals surface area contributed by atoms with Gasteiger partial charge in [0.15, 0.2) is 0 Å². The van der Waals surface area contributed by atoms with E-state index in [2.05, 4.69) is 40.1 Å². The molecule has 1 unspecified atom stereocenters. The standard InChI is InChI=1S/C28H58NO4P/c1-5-7-8-9-10-11-12-13-14-15-16-17-18-19-20-21-22-23-24-25-27-32-34(30,31)33-28-26-29(3,4)6-2/h13-14H,5-12,15-28H2,1-4H3/p+1. The zero-order chi connectivity index (χ0) is 25.4. The van der Waals surface area contributed by atoms with Crippen LogP contribution in [-0.2, 0) is 13.6 Å². The van der Waals surface area contributed by atoms with Gasteiger partial charge in [-0.25, -0.2) is 4.57 Å². The molecule has 0 spiro atoms. The molecule has 6 heteroatoms. The molecule has 1 N–H and O–H groups in total. The van der Waals surface area contributed by atoms with Crippen molar-refractivity contribution in [3.63, 3.8) is 0 Å². The first-order chi connectivity index (χ1) is 16.3. The lowest BCUT2D eigenvalue weighted by atomic mass is 10.1. The molecule has 0 amide bonds. The lowest BCUT2D eigenvalue weighted by molar-refractivity contribution is -0.888. The minimum atomic E-state index is -3.90. The minimum absolute atomic E-state index is 0.241. The molecule has 0 aliphatic rings. The van der Waals surface area contributed by atoms with E-state index in [1.54, 1.807) is 0 Å². The van der Waals surface area contributed by atoms with E-state index in [0.717, 1.165) is 23.9 Å². The summed E-state index contributed by atoms with van der Waals surface area (Å²) in [4.78, 5) is 9.74. The van der Waals surface area contributed by atoms with Crippen LogP contribution in [0.25, 0.3) is 0 Å². The van der Waals surface area contributed by atoms with Crippen LogP contribution in [0.1, 0.15) is 129 Å². The van der Waals surface area contributed by atoms with Crippen LogP contribution in [0, 0.1) is 0 Å². The third-order valence-electron chi connectivity index (χ3n) is 6.72. The molecule has 0 saturated carbocycles. The van der Waals surface area contributed by atoms with E-state index in [1.807, 2.05) is 0 Å². The molecule has 204 valence electrons. The van der Waals surface area contributed by atoms with Gasteiger partial charge in [-0.2, -0.15) is 0 Å².